The van der Waals surface area contributed by atoms with Crippen molar-refractivity contribution in [2.24, 2.45) is 0 Å². The number of carbonyl (C=O) groups is 2. The van der Waals surface area contributed by atoms with E-state index >= 15 is 0 Å². The van der Waals surface area contributed by atoms with Crippen LogP contribution in [0.1, 0.15) is 24.2 Å². The summed E-state index contributed by atoms with van der Waals surface area (Å²) in [6.45, 7) is 8.76. The van der Waals surface area contributed by atoms with E-state index in [9.17, 15) is 9.59 Å². The first-order valence-electron chi connectivity index (χ1n) is 9.66. The summed E-state index contributed by atoms with van der Waals surface area (Å²) in [5.74, 6) is 0.572. The largest absolute Gasteiger partial charge is 0.462 e. The smallest absolute Gasteiger partial charge is 0.338 e. The van der Waals surface area contributed by atoms with Crippen molar-refractivity contribution < 1.29 is 14.3 Å². The highest BCUT2D eigenvalue weighted by Gasteiger charge is 2.21. The van der Waals surface area contributed by atoms with Gasteiger partial charge >= 0.3 is 5.97 Å². The normalized spacial score (nSPS) is 14.7. The summed E-state index contributed by atoms with van der Waals surface area (Å²) in [7, 11) is 0. The van der Waals surface area contributed by atoms with Crippen LogP contribution < -0.4 is 10.2 Å². The number of piperazine rings is 1. The summed E-state index contributed by atoms with van der Waals surface area (Å²) >= 11 is 0. The molecular weight excluding hydrogens is 358 g/mol. The van der Waals surface area contributed by atoms with Crippen LogP contribution in [0.25, 0.3) is 0 Å². The molecule has 28 heavy (non-hydrogen) atoms. The summed E-state index contributed by atoms with van der Waals surface area (Å²) in [6, 6.07) is 6.74. The number of anilines is 2. The van der Waals surface area contributed by atoms with Crippen LogP contribution in [0.2, 0.25) is 0 Å². The van der Waals surface area contributed by atoms with Crippen LogP contribution >= 0.6 is 0 Å². The monoisotopic (exact) mass is 385 g/mol. The molecule has 1 aromatic carbocycles. The van der Waals surface area contributed by atoms with E-state index in [2.05, 4.69) is 31.6 Å². The molecule has 1 saturated heterocycles. The maximum Gasteiger partial charge on any atom is 0.338 e. The number of esters is 1. The second-order valence-corrected chi connectivity index (χ2v) is 6.62. The van der Waals surface area contributed by atoms with Crippen molar-refractivity contribution in [2.75, 3.05) is 49.5 Å². The number of aromatic nitrogens is 2. The Kier molecular flexibility index (Phi) is 6.65. The van der Waals surface area contributed by atoms with Gasteiger partial charge in [0.1, 0.15) is 0 Å². The van der Waals surface area contributed by atoms with E-state index in [1.54, 1.807) is 31.2 Å². The molecule has 1 N–H and O–H groups in total. The van der Waals surface area contributed by atoms with Gasteiger partial charge in [-0.3, -0.25) is 9.69 Å². The summed E-state index contributed by atoms with van der Waals surface area (Å²) in [5.41, 5.74) is 1.14. The molecule has 0 aliphatic carbocycles. The maximum absolute atomic E-state index is 12.3. The summed E-state index contributed by atoms with van der Waals surface area (Å²) in [4.78, 5) is 32.8. The Bertz CT molecular complexity index is 794. The first-order valence-corrected chi connectivity index (χ1v) is 9.66. The topological polar surface area (TPSA) is 79.7 Å². The van der Waals surface area contributed by atoms with Crippen molar-refractivity contribution in [3.8, 4) is 0 Å². The maximum atomic E-state index is 12.3. The SMILES string of the molecule is CCOC(=O)c1ccc(NC(=O)CN2CCN(c3nccn3CC)CC2)cc1. The number of amides is 1. The van der Waals surface area contributed by atoms with E-state index in [-0.39, 0.29) is 11.9 Å². The van der Waals surface area contributed by atoms with Gasteiger partial charge in [0, 0.05) is 50.8 Å². The molecule has 150 valence electrons. The van der Waals surface area contributed by atoms with Crippen molar-refractivity contribution in [3.05, 3.63) is 42.2 Å². The van der Waals surface area contributed by atoms with E-state index < -0.39 is 0 Å². The zero-order chi connectivity index (χ0) is 19.9. The van der Waals surface area contributed by atoms with Gasteiger partial charge in [0.2, 0.25) is 11.9 Å². The van der Waals surface area contributed by atoms with Gasteiger partial charge in [-0.2, -0.15) is 0 Å². The van der Waals surface area contributed by atoms with Crippen LogP contribution in [0.4, 0.5) is 11.6 Å². The van der Waals surface area contributed by atoms with Crippen LogP contribution in [-0.2, 0) is 16.1 Å². The van der Waals surface area contributed by atoms with Gasteiger partial charge in [-0.15, -0.1) is 0 Å². The van der Waals surface area contributed by atoms with Gasteiger partial charge in [-0.1, -0.05) is 0 Å². The number of nitrogens with zero attached hydrogens (tertiary/aromatic N) is 4. The lowest BCUT2D eigenvalue weighted by Crippen LogP contribution is -2.49. The molecule has 0 atom stereocenters. The highest BCUT2D eigenvalue weighted by molar-refractivity contribution is 5.94. The lowest BCUT2D eigenvalue weighted by Gasteiger charge is -2.35. The third-order valence-corrected chi connectivity index (χ3v) is 4.74. The minimum Gasteiger partial charge on any atom is -0.462 e. The lowest BCUT2D eigenvalue weighted by molar-refractivity contribution is -0.117. The van der Waals surface area contributed by atoms with E-state index in [1.807, 2.05) is 12.4 Å². The third kappa shape index (κ3) is 4.89. The number of carbonyl (C=O) groups excluding carboxylic acids is 2. The van der Waals surface area contributed by atoms with E-state index in [4.69, 9.17) is 4.74 Å². The molecule has 1 aliphatic heterocycles. The summed E-state index contributed by atoms with van der Waals surface area (Å²) in [6.07, 6.45) is 3.81. The fourth-order valence-electron chi connectivity index (χ4n) is 3.25. The number of aryl methyl sites for hydroxylation is 1. The lowest BCUT2D eigenvalue weighted by atomic mass is 10.2. The Morgan fingerprint density at radius 1 is 1.11 bits per heavy atom. The average Bonchev–Trinajstić information content (AvgIpc) is 3.18. The van der Waals surface area contributed by atoms with Crippen molar-refractivity contribution in [1.29, 1.82) is 0 Å². The molecule has 0 unspecified atom stereocenters. The van der Waals surface area contributed by atoms with Crippen LogP contribution in [0, 0.1) is 0 Å². The fraction of sp³-hybridized carbons (Fsp3) is 0.450. The predicted octanol–water partition coefficient (Wildman–Crippen LogP) is 1.84. The van der Waals surface area contributed by atoms with Crippen LogP contribution in [-0.4, -0.2) is 65.7 Å². The van der Waals surface area contributed by atoms with Gasteiger partial charge < -0.3 is 19.5 Å². The molecule has 0 bridgehead atoms. The third-order valence-electron chi connectivity index (χ3n) is 4.74. The Labute approximate surface area is 165 Å². The van der Waals surface area contributed by atoms with E-state index in [1.165, 1.54) is 0 Å². The zero-order valence-corrected chi connectivity index (χ0v) is 16.4. The Morgan fingerprint density at radius 3 is 2.46 bits per heavy atom. The molecule has 8 heteroatoms. The molecule has 1 aliphatic rings. The summed E-state index contributed by atoms with van der Waals surface area (Å²) < 4.78 is 7.08. The molecular formula is C20H27N5O3. The van der Waals surface area contributed by atoms with E-state index in [0.717, 1.165) is 38.7 Å². The van der Waals surface area contributed by atoms with Crippen molar-refractivity contribution >= 4 is 23.5 Å². The Hall–Kier alpha value is -2.87. The highest BCUT2D eigenvalue weighted by atomic mass is 16.5. The predicted molar refractivity (Wildman–Crippen MR) is 108 cm³/mol. The molecule has 0 saturated carbocycles. The number of rotatable bonds is 7. The molecule has 2 heterocycles. The second kappa shape index (κ2) is 9.36. The second-order valence-electron chi connectivity index (χ2n) is 6.62. The molecule has 3 rings (SSSR count). The highest BCUT2D eigenvalue weighted by Crippen LogP contribution is 2.15. The first-order chi connectivity index (χ1) is 13.6. The van der Waals surface area contributed by atoms with Gasteiger partial charge in [0.25, 0.3) is 0 Å². The standard InChI is InChI=1S/C20H27N5O3/c1-3-24-10-9-21-20(24)25-13-11-23(12-14-25)15-18(26)22-17-7-5-16(6-8-17)19(27)28-4-2/h5-10H,3-4,11-15H2,1-2H3,(H,22,26). The molecule has 0 spiro atoms. The number of benzene rings is 1. The number of hydrogen-bond acceptors (Lipinski definition) is 6. The fourth-order valence-corrected chi connectivity index (χ4v) is 3.25. The van der Waals surface area contributed by atoms with Crippen LogP contribution in [0.3, 0.4) is 0 Å². The number of hydrogen-bond donors (Lipinski definition) is 1. The molecule has 1 aromatic heterocycles. The molecule has 1 amide bonds. The average molecular weight is 385 g/mol. The molecule has 1 fully saturated rings. The number of nitrogens with one attached hydrogen (secondary N) is 1. The van der Waals surface area contributed by atoms with Crippen molar-refractivity contribution in [2.45, 2.75) is 20.4 Å². The first kappa shape index (κ1) is 19.9. The minimum absolute atomic E-state index is 0.0626. The number of imidazole rings is 1. The van der Waals surface area contributed by atoms with Crippen molar-refractivity contribution in [1.82, 2.24) is 14.5 Å². The van der Waals surface area contributed by atoms with E-state index in [0.29, 0.717) is 24.4 Å². The van der Waals surface area contributed by atoms with Crippen LogP contribution in [0.15, 0.2) is 36.7 Å². The van der Waals surface area contributed by atoms with Crippen LogP contribution in [0.5, 0.6) is 0 Å². The van der Waals surface area contributed by atoms with Gasteiger partial charge in [0.15, 0.2) is 0 Å². The molecule has 8 nitrogen and oxygen atoms in total. The van der Waals surface area contributed by atoms with Gasteiger partial charge in [0.05, 0.1) is 18.7 Å². The zero-order valence-electron chi connectivity index (χ0n) is 16.4. The minimum atomic E-state index is -0.359. The quantitative estimate of drug-likeness (QED) is 0.733. The van der Waals surface area contributed by atoms with Gasteiger partial charge in [-0.25, -0.2) is 9.78 Å². The Balaban J connectivity index is 1.46. The Morgan fingerprint density at radius 2 is 1.82 bits per heavy atom. The van der Waals surface area contributed by atoms with Gasteiger partial charge in [-0.05, 0) is 38.1 Å². The summed E-state index contributed by atoms with van der Waals surface area (Å²) in [5, 5.41) is 2.88. The molecule has 2 aromatic rings. The number of ether oxygens (including phenoxy) is 1. The molecule has 0 radical (unpaired) electrons. The van der Waals surface area contributed by atoms with Crippen molar-refractivity contribution in [3.63, 3.8) is 0 Å².